The van der Waals surface area contributed by atoms with Crippen molar-refractivity contribution < 1.29 is 14.0 Å². The molecule has 4 rings (SSSR count). The highest BCUT2D eigenvalue weighted by Crippen LogP contribution is 2.17. The number of aryl methyl sites for hydroxylation is 1. The second-order valence-corrected chi connectivity index (χ2v) is 7.67. The van der Waals surface area contributed by atoms with E-state index in [9.17, 15) is 14.4 Å². The Morgan fingerprint density at radius 2 is 1.79 bits per heavy atom. The lowest BCUT2D eigenvalue weighted by molar-refractivity contribution is -0.129. The van der Waals surface area contributed by atoms with Crippen LogP contribution in [0, 0.1) is 0 Å². The summed E-state index contributed by atoms with van der Waals surface area (Å²) in [6.45, 7) is 1.81. The number of hydrogen-bond acceptors (Lipinski definition) is 6. The zero-order chi connectivity index (χ0) is 20.4. The molecule has 2 amide bonds. The van der Waals surface area contributed by atoms with E-state index in [-0.39, 0.29) is 23.1 Å². The van der Waals surface area contributed by atoms with Crippen LogP contribution in [-0.2, 0) is 11.8 Å². The summed E-state index contributed by atoms with van der Waals surface area (Å²) in [5.74, 6) is 0.197. The molecule has 9 heteroatoms. The number of rotatable bonds is 4. The van der Waals surface area contributed by atoms with Crippen molar-refractivity contribution in [3.05, 3.63) is 58.8 Å². The number of carbonyl (C=O) groups is 2. The van der Waals surface area contributed by atoms with Crippen molar-refractivity contribution in [2.75, 3.05) is 31.9 Å². The molecule has 1 fully saturated rings. The Balaban J connectivity index is 1.36. The number of furan rings is 1. The van der Waals surface area contributed by atoms with Crippen LogP contribution in [0.5, 0.6) is 0 Å². The van der Waals surface area contributed by atoms with E-state index in [0.29, 0.717) is 37.0 Å². The van der Waals surface area contributed by atoms with Crippen LogP contribution in [0.2, 0.25) is 0 Å². The fourth-order valence-electron chi connectivity index (χ4n) is 3.28. The number of hydrogen-bond donors (Lipinski definition) is 0. The lowest BCUT2D eigenvalue weighted by atomic mass is 10.3. The number of aromatic nitrogens is 2. The maximum atomic E-state index is 12.6. The van der Waals surface area contributed by atoms with Gasteiger partial charge in [-0.2, -0.15) is 0 Å². The van der Waals surface area contributed by atoms with Crippen LogP contribution in [0.3, 0.4) is 0 Å². The molecule has 1 aliphatic rings. The van der Waals surface area contributed by atoms with Gasteiger partial charge in [0.2, 0.25) is 5.91 Å². The van der Waals surface area contributed by atoms with Gasteiger partial charge in [0.1, 0.15) is 0 Å². The van der Waals surface area contributed by atoms with Gasteiger partial charge >= 0.3 is 0 Å². The van der Waals surface area contributed by atoms with Crippen LogP contribution in [-0.4, -0.2) is 63.1 Å². The van der Waals surface area contributed by atoms with Crippen molar-refractivity contribution in [2.45, 2.75) is 5.03 Å². The first-order valence-corrected chi connectivity index (χ1v) is 10.2. The second kappa shape index (κ2) is 8.12. The zero-order valence-corrected chi connectivity index (χ0v) is 16.7. The summed E-state index contributed by atoms with van der Waals surface area (Å²) in [6, 6.07) is 10.7. The summed E-state index contributed by atoms with van der Waals surface area (Å²) < 4.78 is 6.70. The number of thioether (sulfide) groups is 1. The largest absolute Gasteiger partial charge is 0.459 e. The predicted octanol–water partition coefficient (Wildman–Crippen LogP) is 1.60. The quantitative estimate of drug-likeness (QED) is 0.605. The number of amides is 2. The number of benzene rings is 1. The van der Waals surface area contributed by atoms with Gasteiger partial charge in [-0.05, 0) is 24.3 Å². The molecule has 1 saturated heterocycles. The number of nitrogens with zero attached hydrogens (tertiary/aromatic N) is 4. The van der Waals surface area contributed by atoms with Crippen molar-refractivity contribution in [1.29, 1.82) is 0 Å². The Labute approximate surface area is 171 Å². The third-order valence-electron chi connectivity index (χ3n) is 4.94. The number of piperazine rings is 1. The third-order valence-corrected chi connectivity index (χ3v) is 5.87. The minimum Gasteiger partial charge on any atom is -0.459 e. The van der Waals surface area contributed by atoms with E-state index in [1.807, 2.05) is 24.3 Å². The molecule has 0 spiro atoms. The summed E-state index contributed by atoms with van der Waals surface area (Å²) >= 11 is 1.15. The fourth-order valence-corrected chi connectivity index (χ4v) is 4.15. The zero-order valence-electron chi connectivity index (χ0n) is 15.9. The molecule has 0 N–H and O–H groups in total. The van der Waals surface area contributed by atoms with Gasteiger partial charge in [0.15, 0.2) is 10.8 Å². The average Bonchev–Trinajstić information content (AvgIpc) is 3.29. The van der Waals surface area contributed by atoms with Crippen LogP contribution in [0.15, 0.2) is 56.9 Å². The van der Waals surface area contributed by atoms with Crippen LogP contribution in [0.25, 0.3) is 11.0 Å². The molecular weight excluding hydrogens is 392 g/mol. The van der Waals surface area contributed by atoms with Crippen molar-refractivity contribution in [2.24, 2.45) is 7.05 Å². The Hall–Kier alpha value is -3.07. The molecular formula is C20H20N4O4S. The maximum absolute atomic E-state index is 12.6. The van der Waals surface area contributed by atoms with Gasteiger partial charge in [0.05, 0.1) is 23.0 Å². The first-order chi connectivity index (χ1) is 14.0. The summed E-state index contributed by atoms with van der Waals surface area (Å²) in [6.07, 6.45) is 1.47. The van der Waals surface area contributed by atoms with Crippen LogP contribution in [0.4, 0.5) is 0 Å². The summed E-state index contributed by atoms with van der Waals surface area (Å²) in [4.78, 5) is 45.2. The van der Waals surface area contributed by atoms with Gasteiger partial charge in [-0.3, -0.25) is 14.4 Å². The van der Waals surface area contributed by atoms with Crippen molar-refractivity contribution >= 4 is 34.6 Å². The molecule has 1 aromatic carbocycles. The number of para-hydroxylation sites is 2. The first-order valence-electron chi connectivity index (χ1n) is 9.24. The minimum atomic E-state index is -0.213. The van der Waals surface area contributed by atoms with Gasteiger partial charge in [-0.15, -0.1) is 0 Å². The molecule has 29 heavy (non-hydrogen) atoms. The lowest BCUT2D eigenvalue weighted by Gasteiger charge is -2.34. The highest BCUT2D eigenvalue weighted by atomic mass is 32.2. The molecule has 0 radical (unpaired) electrons. The molecule has 1 aliphatic heterocycles. The van der Waals surface area contributed by atoms with Crippen LogP contribution < -0.4 is 5.56 Å². The fraction of sp³-hybridized carbons (Fsp3) is 0.300. The first kappa shape index (κ1) is 19.3. The SMILES string of the molecule is Cn1c(=O)c(SCC(=O)N2CCN(C(=O)c3ccco3)CC2)nc2ccccc21. The van der Waals surface area contributed by atoms with E-state index < -0.39 is 0 Å². The normalized spacial score (nSPS) is 14.4. The van der Waals surface area contributed by atoms with Gasteiger partial charge < -0.3 is 18.8 Å². The lowest BCUT2D eigenvalue weighted by Crippen LogP contribution is -2.51. The van der Waals surface area contributed by atoms with Crippen molar-refractivity contribution in [3.8, 4) is 0 Å². The smallest absolute Gasteiger partial charge is 0.289 e. The monoisotopic (exact) mass is 412 g/mol. The van der Waals surface area contributed by atoms with Crippen molar-refractivity contribution in [1.82, 2.24) is 19.4 Å². The molecule has 0 saturated carbocycles. The average molecular weight is 412 g/mol. The second-order valence-electron chi connectivity index (χ2n) is 6.71. The van der Waals surface area contributed by atoms with E-state index >= 15 is 0 Å². The Morgan fingerprint density at radius 1 is 1.07 bits per heavy atom. The molecule has 150 valence electrons. The van der Waals surface area contributed by atoms with E-state index in [1.165, 1.54) is 6.26 Å². The molecule has 0 unspecified atom stereocenters. The maximum Gasteiger partial charge on any atom is 0.289 e. The molecule has 0 aliphatic carbocycles. The highest BCUT2D eigenvalue weighted by Gasteiger charge is 2.26. The molecule has 8 nitrogen and oxygen atoms in total. The van der Waals surface area contributed by atoms with E-state index in [0.717, 1.165) is 22.8 Å². The minimum absolute atomic E-state index is 0.0721. The van der Waals surface area contributed by atoms with Gasteiger partial charge in [0.25, 0.3) is 11.5 Å². The van der Waals surface area contributed by atoms with Crippen molar-refractivity contribution in [3.63, 3.8) is 0 Å². The summed E-state index contributed by atoms with van der Waals surface area (Å²) in [5, 5.41) is 0.311. The molecule has 3 heterocycles. The van der Waals surface area contributed by atoms with E-state index in [4.69, 9.17) is 4.42 Å². The Bertz CT molecular complexity index is 1100. The predicted molar refractivity (Wildman–Crippen MR) is 109 cm³/mol. The topological polar surface area (TPSA) is 88.7 Å². The van der Waals surface area contributed by atoms with E-state index in [1.54, 1.807) is 33.5 Å². The third kappa shape index (κ3) is 3.91. The van der Waals surface area contributed by atoms with E-state index in [2.05, 4.69) is 4.98 Å². The Morgan fingerprint density at radius 3 is 2.52 bits per heavy atom. The standard InChI is InChI=1S/C20H20N4O4S/c1-22-15-6-3-2-5-14(15)21-18(20(22)27)29-13-17(25)23-8-10-24(11-9-23)19(26)16-7-4-12-28-16/h2-7,12H,8-11,13H2,1H3. The summed E-state index contributed by atoms with van der Waals surface area (Å²) in [7, 11) is 1.70. The number of carbonyl (C=O) groups excluding carboxylic acids is 2. The Kier molecular flexibility index (Phi) is 5.39. The number of fused-ring (bicyclic) bond motifs is 1. The molecule has 0 atom stereocenters. The molecule has 0 bridgehead atoms. The highest BCUT2D eigenvalue weighted by molar-refractivity contribution is 7.99. The van der Waals surface area contributed by atoms with Gasteiger partial charge in [0, 0.05) is 33.2 Å². The molecule has 3 aromatic rings. The van der Waals surface area contributed by atoms with Crippen LogP contribution >= 0.6 is 11.8 Å². The molecule has 2 aromatic heterocycles. The summed E-state index contributed by atoms with van der Waals surface area (Å²) in [5.41, 5.74) is 1.26. The van der Waals surface area contributed by atoms with Gasteiger partial charge in [-0.1, -0.05) is 23.9 Å². The van der Waals surface area contributed by atoms with Gasteiger partial charge in [-0.25, -0.2) is 4.98 Å². The van der Waals surface area contributed by atoms with Crippen LogP contribution in [0.1, 0.15) is 10.6 Å².